The summed E-state index contributed by atoms with van der Waals surface area (Å²) in [6.07, 6.45) is 0. The summed E-state index contributed by atoms with van der Waals surface area (Å²) in [5.41, 5.74) is 12.0. The van der Waals surface area contributed by atoms with Crippen LogP contribution in [0.5, 0.6) is 17.2 Å². The van der Waals surface area contributed by atoms with Gasteiger partial charge in [0, 0.05) is 17.3 Å². The molecule has 5 nitrogen and oxygen atoms in total. The molecular weight excluding hydrogens is 371 g/mol. The summed E-state index contributed by atoms with van der Waals surface area (Å²) in [6.45, 7) is 0. The third-order valence-corrected chi connectivity index (χ3v) is 3.43. The Balaban J connectivity index is 2.37. The van der Waals surface area contributed by atoms with Crippen LogP contribution < -0.4 is 20.9 Å². The van der Waals surface area contributed by atoms with E-state index in [1.165, 1.54) is 7.11 Å². The standard InChI is InChI=1S/C14H13IN2O3/c1-19-10-4-8(14(17)18)5-11(7-10)20-13-3-2-9(16)6-12(13)15/h2-7H,16H2,1H3,(H2,17,18). The van der Waals surface area contributed by atoms with Crippen molar-refractivity contribution in [2.24, 2.45) is 5.73 Å². The van der Waals surface area contributed by atoms with E-state index < -0.39 is 5.91 Å². The van der Waals surface area contributed by atoms with Crippen LogP contribution in [-0.4, -0.2) is 13.0 Å². The molecule has 0 aliphatic rings. The van der Waals surface area contributed by atoms with Crippen LogP contribution in [0.15, 0.2) is 36.4 Å². The molecule has 2 aromatic carbocycles. The lowest BCUT2D eigenvalue weighted by atomic mass is 10.2. The van der Waals surface area contributed by atoms with E-state index in [2.05, 4.69) is 22.6 Å². The maximum Gasteiger partial charge on any atom is 0.248 e. The zero-order valence-corrected chi connectivity index (χ0v) is 12.9. The minimum atomic E-state index is -0.541. The van der Waals surface area contributed by atoms with Gasteiger partial charge in [-0.25, -0.2) is 0 Å². The van der Waals surface area contributed by atoms with Crippen LogP contribution >= 0.6 is 22.6 Å². The zero-order valence-electron chi connectivity index (χ0n) is 10.7. The van der Waals surface area contributed by atoms with Gasteiger partial charge in [0.15, 0.2) is 0 Å². The number of hydrogen-bond donors (Lipinski definition) is 2. The van der Waals surface area contributed by atoms with Gasteiger partial charge >= 0.3 is 0 Å². The number of ether oxygens (including phenoxy) is 2. The van der Waals surface area contributed by atoms with E-state index in [0.717, 1.165) is 3.57 Å². The highest BCUT2D eigenvalue weighted by Gasteiger charge is 2.09. The maximum absolute atomic E-state index is 11.3. The molecule has 0 aliphatic heterocycles. The first-order valence-corrected chi connectivity index (χ1v) is 6.79. The Labute approximate surface area is 130 Å². The van der Waals surface area contributed by atoms with Crippen LogP contribution in [0.4, 0.5) is 5.69 Å². The Morgan fingerprint density at radius 1 is 1.15 bits per heavy atom. The summed E-state index contributed by atoms with van der Waals surface area (Å²) in [5.74, 6) is 1.08. The van der Waals surface area contributed by atoms with Crippen LogP contribution in [0.2, 0.25) is 0 Å². The Bertz CT molecular complexity index is 659. The first kappa shape index (κ1) is 14.4. The van der Waals surface area contributed by atoms with Gasteiger partial charge < -0.3 is 20.9 Å². The van der Waals surface area contributed by atoms with Gasteiger partial charge in [-0.1, -0.05) is 0 Å². The molecule has 2 aromatic rings. The lowest BCUT2D eigenvalue weighted by molar-refractivity contribution is 0.0999. The van der Waals surface area contributed by atoms with Crippen LogP contribution in [0.3, 0.4) is 0 Å². The van der Waals surface area contributed by atoms with E-state index in [0.29, 0.717) is 28.5 Å². The van der Waals surface area contributed by atoms with Gasteiger partial charge in [-0.3, -0.25) is 4.79 Å². The van der Waals surface area contributed by atoms with Crippen LogP contribution in [0.25, 0.3) is 0 Å². The lowest BCUT2D eigenvalue weighted by Gasteiger charge is -2.11. The Morgan fingerprint density at radius 2 is 1.85 bits per heavy atom. The first-order chi connectivity index (χ1) is 9.49. The topological polar surface area (TPSA) is 87.6 Å². The smallest absolute Gasteiger partial charge is 0.248 e. The number of carbonyl (C=O) groups is 1. The van der Waals surface area contributed by atoms with Crippen LogP contribution in [0.1, 0.15) is 10.4 Å². The van der Waals surface area contributed by atoms with Crippen molar-refractivity contribution in [2.45, 2.75) is 0 Å². The van der Waals surface area contributed by atoms with Gasteiger partial charge in [0.2, 0.25) is 5.91 Å². The zero-order chi connectivity index (χ0) is 14.7. The first-order valence-electron chi connectivity index (χ1n) is 5.71. The highest BCUT2D eigenvalue weighted by Crippen LogP contribution is 2.31. The van der Waals surface area contributed by atoms with Crippen molar-refractivity contribution in [3.63, 3.8) is 0 Å². The highest BCUT2D eigenvalue weighted by molar-refractivity contribution is 14.1. The molecule has 1 amide bonds. The molecule has 20 heavy (non-hydrogen) atoms. The minimum Gasteiger partial charge on any atom is -0.497 e. The number of amides is 1. The number of rotatable bonds is 4. The third-order valence-electron chi connectivity index (χ3n) is 2.58. The van der Waals surface area contributed by atoms with E-state index in [1.807, 2.05) is 0 Å². The largest absolute Gasteiger partial charge is 0.497 e. The van der Waals surface area contributed by atoms with Gasteiger partial charge in [-0.15, -0.1) is 0 Å². The molecule has 104 valence electrons. The number of nitrogen functional groups attached to an aromatic ring is 1. The molecule has 6 heteroatoms. The lowest BCUT2D eigenvalue weighted by Crippen LogP contribution is -2.11. The molecule has 2 rings (SSSR count). The molecule has 0 aromatic heterocycles. The predicted octanol–water partition coefficient (Wildman–Crippen LogP) is 2.77. The SMILES string of the molecule is COc1cc(Oc2ccc(N)cc2I)cc(C(N)=O)c1. The van der Waals surface area contributed by atoms with Gasteiger partial charge in [-0.05, 0) is 52.9 Å². The van der Waals surface area contributed by atoms with Gasteiger partial charge in [-0.2, -0.15) is 0 Å². The number of carbonyl (C=O) groups excluding carboxylic acids is 1. The number of halogens is 1. The van der Waals surface area contributed by atoms with Gasteiger partial charge in [0.05, 0.1) is 10.7 Å². The second kappa shape index (κ2) is 6.00. The van der Waals surface area contributed by atoms with Crippen molar-refractivity contribution in [1.82, 2.24) is 0 Å². The minimum absolute atomic E-state index is 0.324. The van der Waals surface area contributed by atoms with Crippen molar-refractivity contribution in [1.29, 1.82) is 0 Å². The quantitative estimate of drug-likeness (QED) is 0.627. The summed E-state index contributed by atoms with van der Waals surface area (Å²) in [4.78, 5) is 11.3. The van der Waals surface area contributed by atoms with Crippen molar-refractivity contribution in [2.75, 3.05) is 12.8 Å². The number of methoxy groups -OCH3 is 1. The Morgan fingerprint density at radius 3 is 2.45 bits per heavy atom. The number of primary amides is 1. The molecule has 0 aliphatic carbocycles. The summed E-state index contributed by atoms with van der Waals surface area (Å²) in [6, 6.07) is 10.1. The fourth-order valence-electron chi connectivity index (χ4n) is 1.62. The van der Waals surface area contributed by atoms with Crippen LogP contribution in [0, 0.1) is 3.57 Å². The van der Waals surface area contributed by atoms with E-state index in [-0.39, 0.29) is 0 Å². The van der Waals surface area contributed by atoms with Gasteiger partial charge in [0.25, 0.3) is 0 Å². The average Bonchev–Trinajstić information content (AvgIpc) is 2.41. The second-order valence-electron chi connectivity index (χ2n) is 4.05. The molecular formula is C14H13IN2O3. The van der Waals surface area contributed by atoms with Crippen molar-refractivity contribution in [3.05, 3.63) is 45.5 Å². The average molecular weight is 384 g/mol. The number of anilines is 1. The molecule has 4 N–H and O–H groups in total. The number of nitrogens with two attached hydrogens (primary N) is 2. The van der Waals surface area contributed by atoms with E-state index >= 15 is 0 Å². The Hall–Kier alpha value is -1.96. The molecule has 0 spiro atoms. The fourth-order valence-corrected chi connectivity index (χ4v) is 2.27. The number of benzene rings is 2. The van der Waals surface area contributed by atoms with E-state index in [1.54, 1.807) is 36.4 Å². The van der Waals surface area contributed by atoms with E-state index in [4.69, 9.17) is 20.9 Å². The molecule has 0 saturated carbocycles. The molecule has 0 unspecified atom stereocenters. The summed E-state index contributed by atoms with van der Waals surface area (Å²) >= 11 is 2.12. The molecule has 0 atom stereocenters. The molecule has 0 fully saturated rings. The number of hydrogen-bond acceptors (Lipinski definition) is 4. The molecule has 0 radical (unpaired) electrons. The van der Waals surface area contributed by atoms with Crippen molar-refractivity contribution >= 4 is 34.2 Å². The summed E-state index contributed by atoms with van der Waals surface area (Å²) in [7, 11) is 1.51. The monoisotopic (exact) mass is 384 g/mol. The molecule has 0 heterocycles. The molecule has 0 bridgehead atoms. The maximum atomic E-state index is 11.3. The van der Waals surface area contributed by atoms with Crippen LogP contribution in [-0.2, 0) is 0 Å². The predicted molar refractivity (Wildman–Crippen MR) is 85.2 cm³/mol. The third kappa shape index (κ3) is 3.32. The second-order valence-corrected chi connectivity index (χ2v) is 5.22. The van der Waals surface area contributed by atoms with E-state index in [9.17, 15) is 4.79 Å². The van der Waals surface area contributed by atoms with Crippen molar-refractivity contribution < 1.29 is 14.3 Å². The highest BCUT2D eigenvalue weighted by atomic mass is 127. The van der Waals surface area contributed by atoms with Crippen molar-refractivity contribution in [3.8, 4) is 17.2 Å². The Kier molecular flexibility index (Phi) is 4.33. The summed E-state index contributed by atoms with van der Waals surface area (Å²) in [5, 5.41) is 0. The fraction of sp³-hybridized carbons (Fsp3) is 0.0714. The van der Waals surface area contributed by atoms with Gasteiger partial charge in [0.1, 0.15) is 17.2 Å². The summed E-state index contributed by atoms with van der Waals surface area (Å²) < 4.78 is 11.7. The molecule has 0 saturated heterocycles. The normalized spacial score (nSPS) is 10.1.